The molecule has 1 aromatic carbocycles. The van der Waals surface area contributed by atoms with Gasteiger partial charge in [0.2, 0.25) is 0 Å². The van der Waals surface area contributed by atoms with Crippen LogP contribution in [-0.4, -0.2) is 21.0 Å². The van der Waals surface area contributed by atoms with Crippen molar-refractivity contribution < 1.29 is 13.2 Å². The third kappa shape index (κ3) is 3.41. The molecule has 0 aliphatic heterocycles. The normalized spacial score (nSPS) is 11.2. The molecule has 2 amide bonds. The van der Waals surface area contributed by atoms with Gasteiger partial charge in [-0.25, -0.2) is 17.9 Å². The quantitative estimate of drug-likeness (QED) is 0.735. The van der Waals surface area contributed by atoms with Crippen LogP contribution in [0, 0.1) is 20.8 Å². The minimum absolute atomic E-state index is 0.0623. The number of amides is 2. The van der Waals surface area contributed by atoms with E-state index >= 15 is 0 Å². The zero-order valence-electron chi connectivity index (χ0n) is 12.2. The highest BCUT2D eigenvalue weighted by Crippen LogP contribution is 2.27. The molecule has 0 saturated carbocycles. The van der Waals surface area contributed by atoms with Crippen molar-refractivity contribution in [2.45, 2.75) is 39.0 Å². The van der Waals surface area contributed by atoms with E-state index in [-0.39, 0.29) is 4.90 Å². The standard InChI is InChI=1S/C13H21N3O3S/c1-5-6-15-13(17)16-20(18,19)12-9(3)7-8(2)11(14)10(12)4/h7H,5-6,14H2,1-4H3,(H2,15,16,17). The minimum atomic E-state index is -3.93. The van der Waals surface area contributed by atoms with Gasteiger partial charge < -0.3 is 11.1 Å². The van der Waals surface area contributed by atoms with Crippen molar-refractivity contribution in [2.24, 2.45) is 0 Å². The number of hydrogen-bond acceptors (Lipinski definition) is 4. The first-order valence-corrected chi connectivity index (χ1v) is 7.86. The van der Waals surface area contributed by atoms with Gasteiger partial charge in [0.25, 0.3) is 10.0 Å². The molecule has 0 radical (unpaired) electrons. The predicted molar refractivity (Wildman–Crippen MR) is 79.1 cm³/mol. The van der Waals surface area contributed by atoms with Gasteiger partial charge in [-0.15, -0.1) is 0 Å². The van der Waals surface area contributed by atoms with E-state index in [4.69, 9.17) is 5.73 Å². The summed E-state index contributed by atoms with van der Waals surface area (Å²) in [6.07, 6.45) is 0.725. The summed E-state index contributed by atoms with van der Waals surface area (Å²) in [5.41, 5.74) is 8.12. The van der Waals surface area contributed by atoms with E-state index in [1.807, 2.05) is 18.6 Å². The van der Waals surface area contributed by atoms with Gasteiger partial charge in [0.1, 0.15) is 0 Å². The number of anilines is 1. The number of aryl methyl sites for hydroxylation is 2. The van der Waals surface area contributed by atoms with E-state index in [0.29, 0.717) is 23.4 Å². The monoisotopic (exact) mass is 299 g/mol. The number of nitrogen functional groups attached to an aromatic ring is 1. The van der Waals surface area contributed by atoms with Gasteiger partial charge in [-0.3, -0.25) is 0 Å². The highest BCUT2D eigenvalue weighted by Gasteiger charge is 2.23. The van der Waals surface area contributed by atoms with Crippen molar-refractivity contribution in [3.05, 3.63) is 22.8 Å². The van der Waals surface area contributed by atoms with Crippen molar-refractivity contribution in [1.82, 2.24) is 10.0 Å². The fraction of sp³-hybridized carbons (Fsp3) is 0.462. The van der Waals surface area contributed by atoms with Crippen molar-refractivity contribution in [3.63, 3.8) is 0 Å². The fourth-order valence-corrected chi connectivity index (χ4v) is 3.46. The summed E-state index contributed by atoms with van der Waals surface area (Å²) in [4.78, 5) is 11.6. The number of sulfonamides is 1. The van der Waals surface area contributed by atoms with Crippen LogP contribution in [0.2, 0.25) is 0 Å². The van der Waals surface area contributed by atoms with E-state index in [0.717, 1.165) is 12.0 Å². The van der Waals surface area contributed by atoms with Gasteiger partial charge in [-0.2, -0.15) is 0 Å². The third-order valence-corrected chi connectivity index (χ3v) is 4.61. The molecule has 0 spiro atoms. The second-order valence-corrected chi connectivity index (χ2v) is 6.36. The molecule has 0 aliphatic carbocycles. The first-order chi connectivity index (χ1) is 9.20. The summed E-state index contributed by atoms with van der Waals surface area (Å²) >= 11 is 0. The first-order valence-electron chi connectivity index (χ1n) is 6.37. The number of carbonyl (C=O) groups is 1. The van der Waals surface area contributed by atoms with Crippen LogP contribution in [0.5, 0.6) is 0 Å². The maximum Gasteiger partial charge on any atom is 0.328 e. The molecule has 0 fully saturated rings. The van der Waals surface area contributed by atoms with Crippen molar-refractivity contribution >= 4 is 21.7 Å². The molecule has 0 bridgehead atoms. The van der Waals surface area contributed by atoms with Crippen LogP contribution >= 0.6 is 0 Å². The molecule has 20 heavy (non-hydrogen) atoms. The Bertz CT molecular complexity index is 624. The minimum Gasteiger partial charge on any atom is -0.398 e. The van der Waals surface area contributed by atoms with E-state index in [1.54, 1.807) is 19.9 Å². The second-order valence-electron chi connectivity index (χ2n) is 4.74. The molecule has 0 heterocycles. The topological polar surface area (TPSA) is 101 Å². The maximum atomic E-state index is 12.3. The molecule has 0 aromatic heterocycles. The van der Waals surface area contributed by atoms with Crippen LogP contribution in [0.4, 0.5) is 10.5 Å². The second kappa shape index (κ2) is 6.13. The molecule has 6 nitrogen and oxygen atoms in total. The first kappa shape index (κ1) is 16.3. The van der Waals surface area contributed by atoms with Crippen LogP contribution in [0.15, 0.2) is 11.0 Å². The molecular formula is C13H21N3O3S. The highest BCUT2D eigenvalue weighted by atomic mass is 32.2. The van der Waals surface area contributed by atoms with Crippen molar-refractivity contribution in [1.29, 1.82) is 0 Å². The Morgan fingerprint density at radius 1 is 1.25 bits per heavy atom. The number of hydrogen-bond donors (Lipinski definition) is 3. The maximum absolute atomic E-state index is 12.3. The fourth-order valence-electron chi connectivity index (χ4n) is 2.04. The Morgan fingerprint density at radius 3 is 2.40 bits per heavy atom. The number of rotatable bonds is 4. The molecule has 0 atom stereocenters. The van der Waals surface area contributed by atoms with E-state index in [9.17, 15) is 13.2 Å². The Labute approximate surface area is 119 Å². The lowest BCUT2D eigenvalue weighted by atomic mass is 10.1. The van der Waals surface area contributed by atoms with Gasteiger partial charge >= 0.3 is 6.03 Å². The Balaban J connectivity index is 3.17. The highest BCUT2D eigenvalue weighted by molar-refractivity contribution is 7.90. The number of carbonyl (C=O) groups excluding carboxylic acids is 1. The SMILES string of the molecule is CCCNC(=O)NS(=O)(=O)c1c(C)cc(C)c(N)c1C. The van der Waals surface area contributed by atoms with Crippen molar-refractivity contribution in [3.8, 4) is 0 Å². The Hall–Kier alpha value is -1.76. The van der Waals surface area contributed by atoms with Gasteiger partial charge in [0, 0.05) is 12.2 Å². The summed E-state index contributed by atoms with van der Waals surface area (Å²) in [5, 5.41) is 2.46. The molecule has 7 heteroatoms. The average Bonchev–Trinajstić information content (AvgIpc) is 2.32. The summed E-state index contributed by atoms with van der Waals surface area (Å²) in [5.74, 6) is 0. The van der Waals surface area contributed by atoms with Gasteiger partial charge in [-0.1, -0.05) is 13.0 Å². The van der Waals surface area contributed by atoms with Crippen LogP contribution < -0.4 is 15.8 Å². The van der Waals surface area contributed by atoms with Crippen LogP contribution in [0.1, 0.15) is 30.0 Å². The summed E-state index contributed by atoms with van der Waals surface area (Å²) in [6, 6.07) is 0.964. The smallest absolute Gasteiger partial charge is 0.328 e. The van der Waals surface area contributed by atoms with Gasteiger partial charge in [-0.05, 0) is 43.9 Å². The molecule has 0 saturated heterocycles. The Kier molecular flexibility index (Phi) is 4.99. The van der Waals surface area contributed by atoms with E-state index in [2.05, 4.69) is 5.32 Å². The predicted octanol–water partition coefficient (Wildman–Crippen LogP) is 1.59. The lowest BCUT2D eigenvalue weighted by Crippen LogP contribution is -2.40. The van der Waals surface area contributed by atoms with Gasteiger partial charge in [0.05, 0.1) is 4.90 Å². The molecule has 0 unspecified atom stereocenters. The summed E-state index contributed by atoms with van der Waals surface area (Å²) in [7, 11) is -3.93. The number of urea groups is 1. The molecular weight excluding hydrogens is 278 g/mol. The number of nitrogens with two attached hydrogens (primary N) is 1. The average molecular weight is 299 g/mol. The summed E-state index contributed by atoms with van der Waals surface area (Å²) < 4.78 is 26.6. The van der Waals surface area contributed by atoms with Crippen molar-refractivity contribution in [2.75, 3.05) is 12.3 Å². The lowest BCUT2D eigenvalue weighted by Gasteiger charge is -2.15. The summed E-state index contributed by atoms with van der Waals surface area (Å²) in [6.45, 7) is 7.41. The zero-order valence-corrected chi connectivity index (χ0v) is 13.0. The molecule has 112 valence electrons. The lowest BCUT2D eigenvalue weighted by molar-refractivity contribution is 0.246. The molecule has 4 N–H and O–H groups in total. The van der Waals surface area contributed by atoms with Crippen LogP contribution in [0.3, 0.4) is 0 Å². The molecule has 1 aromatic rings. The Morgan fingerprint density at radius 2 is 1.85 bits per heavy atom. The van der Waals surface area contributed by atoms with Crippen LogP contribution in [0.25, 0.3) is 0 Å². The molecule has 1 rings (SSSR count). The zero-order chi connectivity index (χ0) is 15.5. The van der Waals surface area contributed by atoms with Crippen LogP contribution in [-0.2, 0) is 10.0 Å². The van der Waals surface area contributed by atoms with E-state index in [1.165, 1.54) is 0 Å². The largest absolute Gasteiger partial charge is 0.398 e. The molecule has 0 aliphatic rings. The number of benzene rings is 1. The van der Waals surface area contributed by atoms with E-state index < -0.39 is 16.1 Å². The van der Waals surface area contributed by atoms with Gasteiger partial charge in [0.15, 0.2) is 0 Å². The third-order valence-electron chi connectivity index (χ3n) is 2.99. The number of nitrogens with one attached hydrogen (secondary N) is 2.